The van der Waals surface area contributed by atoms with E-state index in [-0.39, 0.29) is 12.1 Å². The maximum Gasteiger partial charge on any atom is 0.407 e. The second kappa shape index (κ2) is 9.62. The van der Waals surface area contributed by atoms with Crippen molar-refractivity contribution < 1.29 is 9.53 Å². The lowest BCUT2D eigenvalue weighted by Gasteiger charge is -2.24. The standard InChI is InChI=1S/C21H34N4O2/c1-16(17-9-7-6-8-10-17)11-13-23-19(22-5)25-14-12-18(15-25)24-20(26)27-21(2,3)4/h6-10,16,18H,11-15H2,1-5H3,(H,22,23)(H,24,26). The monoisotopic (exact) mass is 374 g/mol. The maximum absolute atomic E-state index is 11.9. The Morgan fingerprint density at radius 1 is 1.33 bits per heavy atom. The fourth-order valence-corrected chi connectivity index (χ4v) is 3.23. The number of carbonyl (C=O) groups is 1. The second-order valence-corrected chi connectivity index (χ2v) is 8.15. The summed E-state index contributed by atoms with van der Waals surface area (Å²) in [6.07, 6.45) is 1.57. The van der Waals surface area contributed by atoms with Crippen LogP contribution >= 0.6 is 0 Å². The van der Waals surface area contributed by atoms with Crippen LogP contribution in [0.3, 0.4) is 0 Å². The van der Waals surface area contributed by atoms with Gasteiger partial charge in [-0.1, -0.05) is 37.3 Å². The number of nitrogens with one attached hydrogen (secondary N) is 2. The van der Waals surface area contributed by atoms with Crippen LogP contribution in [0.15, 0.2) is 35.3 Å². The van der Waals surface area contributed by atoms with Crippen LogP contribution < -0.4 is 10.6 Å². The van der Waals surface area contributed by atoms with Crippen molar-refractivity contribution in [1.82, 2.24) is 15.5 Å². The first-order valence-electron chi connectivity index (χ1n) is 9.78. The Hall–Kier alpha value is -2.24. The first kappa shape index (κ1) is 21.1. The van der Waals surface area contributed by atoms with E-state index in [1.54, 1.807) is 7.05 Å². The molecule has 0 aromatic heterocycles. The molecule has 0 spiro atoms. The first-order valence-corrected chi connectivity index (χ1v) is 9.78. The third-order valence-electron chi connectivity index (χ3n) is 4.65. The molecule has 6 nitrogen and oxygen atoms in total. The van der Waals surface area contributed by atoms with E-state index in [0.717, 1.165) is 38.4 Å². The zero-order chi connectivity index (χ0) is 19.9. The Kier molecular flexibility index (Phi) is 7.51. The van der Waals surface area contributed by atoms with E-state index < -0.39 is 5.60 Å². The van der Waals surface area contributed by atoms with Crippen molar-refractivity contribution >= 4 is 12.1 Å². The molecule has 0 radical (unpaired) electrons. The van der Waals surface area contributed by atoms with Gasteiger partial charge in [-0.05, 0) is 45.1 Å². The summed E-state index contributed by atoms with van der Waals surface area (Å²) in [6, 6.07) is 10.6. The van der Waals surface area contributed by atoms with Crippen LogP contribution in [0.25, 0.3) is 0 Å². The molecular weight excluding hydrogens is 340 g/mol. The third kappa shape index (κ3) is 7.12. The van der Waals surface area contributed by atoms with Crippen LogP contribution in [0.2, 0.25) is 0 Å². The van der Waals surface area contributed by atoms with Crippen molar-refractivity contribution in [2.24, 2.45) is 4.99 Å². The molecule has 1 aliphatic heterocycles. The molecular formula is C21H34N4O2. The number of hydrogen-bond donors (Lipinski definition) is 2. The van der Waals surface area contributed by atoms with Crippen LogP contribution in [-0.2, 0) is 4.74 Å². The molecule has 2 atom stereocenters. The number of aliphatic imine (C=N–C) groups is 1. The summed E-state index contributed by atoms with van der Waals surface area (Å²) in [5, 5.41) is 6.41. The number of guanidine groups is 1. The average molecular weight is 375 g/mol. The van der Waals surface area contributed by atoms with E-state index in [4.69, 9.17) is 4.74 Å². The van der Waals surface area contributed by atoms with Crippen LogP contribution in [-0.4, -0.2) is 55.3 Å². The van der Waals surface area contributed by atoms with Gasteiger partial charge < -0.3 is 20.3 Å². The quantitative estimate of drug-likeness (QED) is 0.613. The van der Waals surface area contributed by atoms with E-state index in [1.165, 1.54) is 5.56 Å². The van der Waals surface area contributed by atoms with Gasteiger partial charge in [-0.15, -0.1) is 0 Å². The lowest BCUT2D eigenvalue weighted by atomic mass is 9.98. The highest BCUT2D eigenvalue weighted by Gasteiger charge is 2.27. The predicted octanol–water partition coefficient (Wildman–Crippen LogP) is 3.35. The van der Waals surface area contributed by atoms with E-state index in [0.29, 0.717) is 5.92 Å². The zero-order valence-corrected chi connectivity index (χ0v) is 17.3. The van der Waals surface area contributed by atoms with E-state index >= 15 is 0 Å². The summed E-state index contributed by atoms with van der Waals surface area (Å²) >= 11 is 0. The van der Waals surface area contributed by atoms with Gasteiger partial charge in [0, 0.05) is 26.7 Å². The molecule has 0 aliphatic carbocycles. The Morgan fingerprint density at radius 2 is 2.04 bits per heavy atom. The molecule has 1 aromatic carbocycles. The lowest BCUT2D eigenvalue weighted by molar-refractivity contribution is 0.0507. The summed E-state index contributed by atoms with van der Waals surface area (Å²) in [6.45, 7) is 10.3. The van der Waals surface area contributed by atoms with Crippen molar-refractivity contribution in [2.45, 2.75) is 58.1 Å². The van der Waals surface area contributed by atoms with Crippen LogP contribution in [0, 0.1) is 0 Å². The zero-order valence-electron chi connectivity index (χ0n) is 17.3. The number of rotatable bonds is 5. The Labute approximate surface area is 163 Å². The van der Waals surface area contributed by atoms with Gasteiger partial charge in [0.05, 0.1) is 6.04 Å². The minimum atomic E-state index is -0.477. The number of hydrogen-bond acceptors (Lipinski definition) is 3. The van der Waals surface area contributed by atoms with Crippen molar-refractivity contribution in [3.8, 4) is 0 Å². The Bertz CT molecular complexity index is 625. The molecule has 1 heterocycles. The number of alkyl carbamates (subject to hydrolysis) is 1. The highest BCUT2D eigenvalue weighted by molar-refractivity contribution is 5.80. The van der Waals surface area contributed by atoms with E-state index in [1.807, 2.05) is 26.8 Å². The fourth-order valence-electron chi connectivity index (χ4n) is 3.23. The van der Waals surface area contributed by atoms with Gasteiger partial charge in [-0.3, -0.25) is 4.99 Å². The number of likely N-dealkylation sites (tertiary alicyclic amines) is 1. The van der Waals surface area contributed by atoms with Gasteiger partial charge in [-0.25, -0.2) is 4.79 Å². The third-order valence-corrected chi connectivity index (χ3v) is 4.65. The molecule has 6 heteroatoms. The van der Waals surface area contributed by atoms with Crippen molar-refractivity contribution in [3.05, 3.63) is 35.9 Å². The van der Waals surface area contributed by atoms with E-state index in [9.17, 15) is 4.79 Å². The normalized spacial score (nSPS) is 18.9. The summed E-state index contributed by atoms with van der Waals surface area (Å²) in [5.74, 6) is 1.39. The summed E-state index contributed by atoms with van der Waals surface area (Å²) in [4.78, 5) is 18.5. The van der Waals surface area contributed by atoms with Gasteiger partial charge in [0.2, 0.25) is 0 Å². The lowest BCUT2D eigenvalue weighted by Crippen LogP contribution is -2.44. The molecule has 1 saturated heterocycles. The molecule has 1 aromatic rings. The van der Waals surface area contributed by atoms with Gasteiger partial charge in [0.1, 0.15) is 5.60 Å². The molecule has 150 valence electrons. The van der Waals surface area contributed by atoms with Gasteiger partial charge in [0.25, 0.3) is 0 Å². The van der Waals surface area contributed by atoms with Gasteiger partial charge >= 0.3 is 6.09 Å². The maximum atomic E-state index is 11.9. The number of benzene rings is 1. The smallest absolute Gasteiger partial charge is 0.407 e. The molecule has 2 rings (SSSR count). The van der Waals surface area contributed by atoms with Crippen LogP contribution in [0.1, 0.15) is 52.0 Å². The molecule has 0 bridgehead atoms. The summed E-state index contributed by atoms with van der Waals surface area (Å²) in [5.41, 5.74) is 0.882. The Morgan fingerprint density at radius 3 is 2.67 bits per heavy atom. The van der Waals surface area contributed by atoms with Crippen molar-refractivity contribution in [3.63, 3.8) is 0 Å². The van der Waals surface area contributed by atoms with Crippen molar-refractivity contribution in [1.29, 1.82) is 0 Å². The fraction of sp³-hybridized carbons (Fsp3) is 0.619. The highest BCUT2D eigenvalue weighted by atomic mass is 16.6. The molecule has 2 unspecified atom stereocenters. The molecule has 1 fully saturated rings. The van der Waals surface area contributed by atoms with E-state index in [2.05, 4.69) is 51.7 Å². The predicted molar refractivity (Wildman–Crippen MR) is 110 cm³/mol. The number of ether oxygens (including phenoxy) is 1. The van der Waals surface area contributed by atoms with Crippen LogP contribution in [0.4, 0.5) is 4.79 Å². The second-order valence-electron chi connectivity index (χ2n) is 8.15. The summed E-state index contributed by atoms with van der Waals surface area (Å²) < 4.78 is 5.34. The molecule has 0 saturated carbocycles. The minimum Gasteiger partial charge on any atom is -0.444 e. The number of carbonyl (C=O) groups excluding carboxylic acids is 1. The molecule has 1 aliphatic rings. The average Bonchev–Trinajstić information content (AvgIpc) is 3.05. The molecule has 1 amide bonds. The van der Waals surface area contributed by atoms with Gasteiger partial charge in [-0.2, -0.15) is 0 Å². The molecule has 2 N–H and O–H groups in total. The first-order chi connectivity index (χ1) is 12.8. The van der Waals surface area contributed by atoms with Crippen LogP contribution in [0.5, 0.6) is 0 Å². The van der Waals surface area contributed by atoms with Crippen molar-refractivity contribution in [2.75, 3.05) is 26.7 Å². The minimum absolute atomic E-state index is 0.0849. The SMILES string of the molecule is CN=C(NCCC(C)c1ccccc1)N1CCC(NC(=O)OC(C)(C)C)C1. The Balaban J connectivity index is 1.75. The topological polar surface area (TPSA) is 66.0 Å². The molecule has 27 heavy (non-hydrogen) atoms. The number of nitrogens with zero attached hydrogens (tertiary/aromatic N) is 2. The largest absolute Gasteiger partial charge is 0.444 e. The highest BCUT2D eigenvalue weighted by Crippen LogP contribution is 2.18. The number of amides is 1. The van der Waals surface area contributed by atoms with Gasteiger partial charge in [0.15, 0.2) is 5.96 Å². The summed E-state index contributed by atoms with van der Waals surface area (Å²) in [7, 11) is 1.80.